The first-order valence-electron chi connectivity index (χ1n) is 7.20. The minimum absolute atomic E-state index is 0. The Balaban J connectivity index is 0.00000220. The fourth-order valence-corrected chi connectivity index (χ4v) is 2.70. The van der Waals surface area contributed by atoms with Gasteiger partial charge >= 0.3 is 0 Å². The average Bonchev–Trinajstić information content (AvgIpc) is 2.76. The zero-order valence-electron chi connectivity index (χ0n) is 13.6. The molecule has 3 nitrogen and oxygen atoms in total. The normalized spacial score (nSPS) is 21.0. The van der Waals surface area contributed by atoms with E-state index in [1.165, 1.54) is 0 Å². The maximum atomic E-state index is 12.3. The Labute approximate surface area is 134 Å². The molecule has 1 atom stereocenters. The molecule has 1 aliphatic heterocycles. The van der Waals surface area contributed by atoms with Gasteiger partial charge in [-0.05, 0) is 58.8 Å². The van der Waals surface area contributed by atoms with Gasteiger partial charge in [0.05, 0.1) is 6.61 Å². The van der Waals surface area contributed by atoms with Crippen molar-refractivity contribution in [2.75, 3.05) is 14.1 Å². The van der Waals surface area contributed by atoms with Crippen LogP contribution in [0.5, 0.6) is 0 Å². The number of Topliss-reactive ketones (excluding diaryl/α,β-unsaturated/α-hetero) is 1. The number of hydrogen-bond donors (Lipinski definition) is 0. The lowest BCUT2D eigenvalue weighted by molar-refractivity contribution is -0.144. The summed E-state index contributed by atoms with van der Waals surface area (Å²) in [6.07, 6.45) is 1.64. The third-order valence-corrected chi connectivity index (χ3v) is 4.79. The number of ketones is 1. The number of carbonyl (C=O) groups is 1. The van der Waals surface area contributed by atoms with Gasteiger partial charge < -0.3 is 9.64 Å². The summed E-state index contributed by atoms with van der Waals surface area (Å²) in [5, 5.41) is 0. The van der Waals surface area contributed by atoms with E-state index in [0.717, 1.165) is 24.0 Å². The standard InChI is InChI=1S/C17H25NO2.ClH/c1-13(19)17(11-10-16(2,3)18(4)5)15-9-7-6-8-14(15)12-20-17;/h6-9H,10-12H2,1-5H3;1H. The molecule has 21 heavy (non-hydrogen) atoms. The van der Waals surface area contributed by atoms with Crippen LogP contribution < -0.4 is 0 Å². The summed E-state index contributed by atoms with van der Waals surface area (Å²) >= 11 is 0. The van der Waals surface area contributed by atoms with Crippen molar-refractivity contribution in [2.24, 2.45) is 0 Å². The highest BCUT2D eigenvalue weighted by Crippen LogP contribution is 2.42. The molecule has 1 unspecified atom stereocenters. The number of ether oxygens (including phenoxy) is 1. The van der Waals surface area contributed by atoms with Gasteiger partial charge in [0.2, 0.25) is 0 Å². The first-order chi connectivity index (χ1) is 9.29. The van der Waals surface area contributed by atoms with E-state index in [2.05, 4.69) is 38.9 Å². The van der Waals surface area contributed by atoms with Gasteiger partial charge in [-0.1, -0.05) is 24.3 Å². The molecule has 0 saturated carbocycles. The van der Waals surface area contributed by atoms with Crippen LogP contribution in [0.15, 0.2) is 24.3 Å². The van der Waals surface area contributed by atoms with Gasteiger partial charge in [-0.2, -0.15) is 0 Å². The molecule has 2 rings (SSSR count). The molecule has 0 N–H and O–H groups in total. The smallest absolute Gasteiger partial charge is 0.166 e. The Hall–Kier alpha value is -0.900. The summed E-state index contributed by atoms with van der Waals surface area (Å²) < 4.78 is 5.98. The minimum Gasteiger partial charge on any atom is -0.358 e. The molecule has 0 aromatic heterocycles. The maximum absolute atomic E-state index is 12.3. The van der Waals surface area contributed by atoms with Gasteiger partial charge in [0.1, 0.15) is 0 Å². The number of rotatable bonds is 5. The van der Waals surface area contributed by atoms with Crippen molar-refractivity contribution in [3.05, 3.63) is 35.4 Å². The molecule has 0 bridgehead atoms. The first kappa shape index (κ1) is 18.1. The second-order valence-corrected chi connectivity index (χ2v) is 6.54. The summed E-state index contributed by atoms with van der Waals surface area (Å²) in [6, 6.07) is 8.08. The number of nitrogens with zero attached hydrogens (tertiary/aromatic N) is 1. The van der Waals surface area contributed by atoms with E-state index in [0.29, 0.717) is 6.61 Å². The second-order valence-electron chi connectivity index (χ2n) is 6.54. The molecule has 118 valence electrons. The van der Waals surface area contributed by atoms with E-state index < -0.39 is 5.60 Å². The highest BCUT2D eigenvalue weighted by atomic mass is 35.5. The van der Waals surface area contributed by atoms with Crippen LogP contribution in [0.1, 0.15) is 44.7 Å². The predicted molar refractivity (Wildman–Crippen MR) is 87.8 cm³/mol. The number of halogens is 1. The van der Waals surface area contributed by atoms with E-state index >= 15 is 0 Å². The van der Waals surface area contributed by atoms with Gasteiger partial charge in [-0.15, -0.1) is 12.4 Å². The van der Waals surface area contributed by atoms with Crippen LogP contribution in [-0.2, 0) is 21.7 Å². The van der Waals surface area contributed by atoms with Gasteiger partial charge in [0, 0.05) is 5.54 Å². The zero-order valence-corrected chi connectivity index (χ0v) is 14.4. The lowest BCUT2D eigenvalue weighted by Crippen LogP contribution is -2.42. The minimum atomic E-state index is -0.746. The fraction of sp³-hybridized carbons (Fsp3) is 0.588. The van der Waals surface area contributed by atoms with Crippen LogP contribution in [0.3, 0.4) is 0 Å². The molecule has 1 aliphatic rings. The van der Waals surface area contributed by atoms with Crippen molar-refractivity contribution in [3.63, 3.8) is 0 Å². The SMILES string of the molecule is CC(=O)C1(CCC(C)(C)N(C)C)OCc2ccccc21.Cl. The number of hydrogen-bond acceptors (Lipinski definition) is 3. The number of fused-ring (bicyclic) bond motifs is 1. The quantitative estimate of drug-likeness (QED) is 0.833. The molecule has 1 aromatic carbocycles. The van der Waals surface area contributed by atoms with E-state index in [-0.39, 0.29) is 23.7 Å². The Morgan fingerprint density at radius 1 is 1.33 bits per heavy atom. The van der Waals surface area contributed by atoms with Gasteiger partial charge in [-0.3, -0.25) is 4.79 Å². The van der Waals surface area contributed by atoms with Crippen LogP contribution >= 0.6 is 12.4 Å². The molecule has 0 radical (unpaired) electrons. The number of benzene rings is 1. The maximum Gasteiger partial charge on any atom is 0.166 e. The van der Waals surface area contributed by atoms with Crippen molar-refractivity contribution in [2.45, 2.75) is 51.4 Å². The summed E-state index contributed by atoms with van der Waals surface area (Å²) in [4.78, 5) is 14.5. The molecule has 0 aliphatic carbocycles. The van der Waals surface area contributed by atoms with Crippen molar-refractivity contribution in [3.8, 4) is 0 Å². The summed E-state index contributed by atoms with van der Waals surface area (Å²) in [7, 11) is 4.15. The molecule has 1 aromatic rings. The van der Waals surface area contributed by atoms with Crippen molar-refractivity contribution >= 4 is 18.2 Å². The fourth-order valence-electron chi connectivity index (χ4n) is 2.70. The van der Waals surface area contributed by atoms with Gasteiger partial charge in [-0.25, -0.2) is 0 Å². The van der Waals surface area contributed by atoms with Crippen LogP contribution in [0, 0.1) is 0 Å². The van der Waals surface area contributed by atoms with Crippen LogP contribution in [-0.4, -0.2) is 30.3 Å². The largest absolute Gasteiger partial charge is 0.358 e. The van der Waals surface area contributed by atoms with E-state index in [1.54, 1.807) is 6.92 Å². The number of carbonyl (C=O) groups excluding carboxylic acids is 1. The monoisotopic (exact) mass is 311 g/mol. The second kappa shape index (κ2) is 6.47. The Bertz CT molecular complexity index is 513. The highest BCUT2D eigenvalue weighted by Gasteiger charge is 2.45. The van der Waals surface area contributed by atoms with Gasteiger partial charge in [0.15, 0.2) is 11.4 Å². The van der Waals surface area contributed by atoms with E-state index in [1.807, 2.05) is 18.2 Å². The third-order valence-electron chi connectivity index (χ3n) is 4.79. The topological polar surface area (TPSA) is 29.5 Å². The van der Waals surface area contributed by atoms with Crippen LogP contribution in [0.25, 0.3) is 0 Å². The summed E-state index contributed by atoms with van der Waals surface area (Å²) in [6.45, 7) is 6.58. The molecule has 0 spiro atoms. The van der Waals surface area contributed by atoms with Crippen molar-refractivity contribution in [1.29, 1.82) is 0 Å². The zero-order chi connectivity index (χ0) is 15.0. The molecule has 0 amide bonds. The Morgan fingerprint density at radius 3 is 2.52 bits per heavy atom. The van der Waals surface area contributed by atoms with Crippen LogP contribution in [0.2, 0.25) is 0 Å². The highest BCUT2D eigenvalue weighted by molar-refractivity contribution is 5.87. The lowest BCUT2D eigenvalue weighted by atomic mass is 9.81. The van der Waals surface area contributed by atoms with Crippen LogP contribution in [0.4, 0.5) is 0 Å². The average molecular weight is 312 g/mol. The lowest BCUT2D eigenvalue weighted by Gasteiger charge is -2.36. The Kier molecular flexibility index (Phi) is 5.59. The molecule has 0 fully saturated rings. The third kappa shape index (κ3) is 3.31. The first-order valence-corrected chi connectivity index (χ1v) is 7.20. The van der Waals surface area contributed by atoms with Gasteiger partial charge in [0.25, 0.3) is 0 Å². The summed E-state index contributed by atoms with van der Waals surface area (Å²) in [5.41, 5.74) is 1.50. The van der Waals surface area contributed by atoms with E-state index in [4.69, 9.17) is 4.74 Å². The summed E-state index contributed by atoms with van der Waals surface area (Å²) in [5.74, 6) is 0.108. The molecule has 0 saturated heterocycles. The Morgan fingerprint density at radius 2 is 1.95 bits per heavy atom. The molecular weight excluding hydrogens is 286 g/mol. The predicted octanol–water partition coefficient (Wildman–Crippen LogP) is 3.54. The molecule has 4 heteroatoms. The molecule has 1 heterocycles. The molecular formula is C17H26ClNO2. The van der Waals surface area contributed by atoms with Crippen molar-refractivity contribution < 1.29 is 9.53 Å². The van der Waals surface area contributed by atoms with Crippen molar-refractivity contribution in [1.82, 2.24) is 4.90 Å². The van der Waals surface area contributed by atoms with E-state index in [9.17, 15) is 4.79 Å².